The number of hydrogen-bond acceptors (Lipinski definition) is 2. The van der Waals surface area contributed by atoms with Crippen molar-refractivity contribution < 1.29 is 9.90 Å². The largest absolute Gasteiger partial charge is 0.512 e. The third-order valence-electron chi connectivity index (χ3n) is 7.81. The zero-order valence-corrected chi connectivity index (χ0v) is 20.0. The Morgan fingerprint density at radius 3 is 2.41 bits per heavy atom. The standard InChI is InChI=1S/C21H28O.C4H8O.C2H6/c1-13-11-16-17-6-5-14(2)20(17,3)10-8-18(16)21(4)9-7-15(22)12-19(13)21;1-3-4(2)5;1-2/h6,12,14,22H,5,7-11H2,1-4H3;3H2,1-2H3;1-2H3. The van der Waals surface area contributed by atoms with Crippen LogP contribution < -0.4 is 0 Å². The maximum atomic E-state index is 10.0. The van der Waals surface area contributed by atoms with Crippen LogP contribution in [0, 0.1) is 16.7 Å². The van der Waals surface area contributed by atoms with Crippen molar-refractivity contribution in [3.8, 4) is 0 Å². The number of carbonyl (C=O) groups is 1. The molecule has 1 N–H and O–H groups in total. The van der Waals surface area contributed by atoms with Gasteiger partial charge in [0.1, 0.15) is 5.78 Å². The fraction of sp³-hybridized carbons (Fsp3) is 0.667. The van der Waals surface area contributed by atoms with E-state index in [0.29, 0.717) is 17.6 Å². The summed E-state index contributed by atoms with van der Waals surface area (Å²) in [5, 5.41) is 10.0. The molecule has 0 radical (unpaired) electrons. The van der Waals surface area contributed by atoms with Crippen LogP contribution in [0.15, 0.2) is 45.8 Å². The Bertz CT molecular complexity index is 776. The minimum atomic E-state index is 0.165. The van der Waals surface area contributed by atoms with Crippen molar-refractivity contribution in [2.75, 3.05) is 0 Å². The summed E-state index contributed by atoms with van der Waals surface area (Å²) >= 11 is 0. The number of allylic oxidation sites excluding steroid dienone is 8. The van der Waals surface area contributed by atoms with E-state index in [0.717, 1.165) is 25.2 Å². The number of carbonyl (C=O) groups excluding carboxylic acids is 1. The predicted octanol–water partition coefficient (Wildman–Crippen LogP) is 8.02. The molecule has 0 heterocycles. The molecule has 0 aromatic rings. The molecule has 0 bridgehead atoms. The van der Waals surface area contributed by atoms with Crippen molar-refractivity contribution in [1.29, 1.82) is 0 Å². The predicted molar refractivity (Wildman–Crippen MR) is 124 cm³/mol. The van der Waals surface area contributed by atoms with Crippen LogP contribution in [0.5, 0.6) is 0 Å². The van der Waals surface area contributed by atoms with Gasteiger partial charge in [0.25, 0.3) is 0 Å². The van der Waals surface area contributed by atoms with Crippen LogP contribution in [0.2, 0.25) is 0 Å². The summed E-state index contributed by atoms with van der Waals surface area (Å²) < 4.78 is 0. The minimum Gasteiger partial charge on any atom is -0.512 e. The zero-order valence-electron chi connectivity index (χ0n) is 20.0. The van der Waals surface area contributed by atoms with Crippen LogP contribution in [0.3, 0.4) is 0 Å². The zero-order chi connectivity index (χ0) is 22.0. The maximum Gasteiger partial charge on any atom is 0.129 e. The molecule has 0 amide bonds. The van der Waals surface area contributed by atoms with Gasteiger partial charge in [0.15, 0.2) is 0 Å². The second-order valence-electron chi connectivity index (χ2n) is 9.52. The van der Waals surface area contributed by atoms with Crippen LogP contribution in [-0.2, 0) is 4.79 Å². The number of fused-ring (bicyclic) bond motifs is 4. The van der Waals surface area contributed by atoms with Crippen LogP contribution in [0.4, 0.5) is 0 Å². The van der Waals surface area contributed by atoms with Gasteiger partial charge in [0.2, 0.25) is 0 Å². The van der Waals surface area contributed by atoms with Crippen molar-refractivity contribution in [2.45, 2.75) is 100 Å². The molecule has 0 aromatic heterocycles. The molecule has 162 valence electrons. The van der Waals surface area contributed by atoms with Gasteiger partial charge in [-0.2, -0.15) is 0 Å². The molecule has 3 atom stereocenters. The Morgan fingerprint density at radius 1 is 1.21 bits per heavy atom. The summed E-state index contributed by atoms with van der Waals surface area (Å²) in [5.74, 6) is 1.61. The minimum absolute atomic E-state index is 0.165. The molecule has 4 rings (SSSR count). The Kier molecular flexibility index (Phi) is 7.41. The summed E-state index contributed by atoms with van der Waals surface area (Å²) in [6.07, 6.45) is 12.1. The number of Topliss-reactive ketones (excluding diaryl/α,β-unsaturated/α-hetero) is 1. The first-order valence-electron chi connectivity index (χ1n) is 11.7. The topological polar surface area (TPSA) is 37.3 Å². The Labute approximate surface area is 178 Å². The van der Waals surface area contributed by atoms with Gasteiger partial charge in [-0.15, -0.1) is 0 Å². The highest BCUT2D eigenvalue weighted by Crippen LogP contribution is 2.62. The third-order valence-corrected chi connectivity index (χ3v) is 7.81. The van der Waals surface area contributed by atoms with Gasteiger partial charge in [0, 0.05) is 18.3 Å². The van der Waals surface area contributed by atoms with E-state index in [1.54, 1.807) is 23.6 Å². The second-order valence-corrected chi connectivity index (χ2v) is 9.52. The van der Waals surface area contributed by atoms with Gasteiger partial charge < -0.3 is 9.90 Å². The Balaban J connectivity index is 0.000000378. The molecule has 0 saturated carbocycles. The van der Waals surface area contributed by atoms with E-state index >= 15 is 0 Å². The van der Waals surface area contributed by atoms with Crippen LogP contribution in [0.25, 0.3) is 0 Å². The normalized spacial score (nSPS) is 32.5. The van der Waals surface area contributed by atoms with Gasteiger partial charge in [-0.05, 0) is 80.1 Å². The Morgan fingerprint density at radius 2 is 1.83 bits per heavy atom. The molecular weight excluding hydrogens is 356 g/mol. The molecule has 2 heteroatoms. The highest BCUT2D eigenvalue weighted by molar-refractivity contribution is 5.74. The van der Waals surface area contributed by atoms with Crippen molar-refractivity contribution in [1.82, 2.24) is 0 Å². The fourth-order valence-electron chi connectivity index (χ4n) is 5.59. The van der Waals surface area contributed by atoms with Crippen molar-refractivity contribution in [2.24, 2.45) is 16.7 Å². The molecule has 4 aliphatic carbocycles. The average molecular weight is 399 g/mol. The molecule has 0 spiro atoms. The quantitative estimate of drug-likeness (QED) is 0.485. The van der Waals surface area contributed by atoms with Gasteiger partial charge in [-0.3, -0.25) is 0 Å². The van der Waals surface area contributed by atoms with Gasteiger partial charge in [-0.25, -0.2) is 0 Å². The first-order valence-corrected chi connectivity index (χ1v) is 11.7. The van der Waals surface area contributed by atoms with Gasteiger partial charge in [-0.1, -0.05) is 58.8 Å². The van der Waals surface area contributed by atoms with Crippen LogP contribution in [0.1, 0.15) is 100 Å². The number of aliphatic hydroxyl groups excluding tert-OH is 1. The van der Waals surface area contributed by atoms with Crippen LogP contribution >= 0.6 is 0 Å². The van der Waals surface area contributed by atoms with E-state index in [4.69, 9.17) is 0 Å². The highest BCUT2D eigenvalue weighted by atomic mass is 16.3. The lowest BCUT2D eigenvalue weighted by Gasteiger charge is -2.49. The summed E-state index contributed by atoms with van der Waals surface area (Å²) in [4.78, 5) is 9.81. The molecule has 3 unspecified atom stereocenters. The smallest absolute Gasteiger partial charge is 0.129 e. The number of ketones is 1. The first kappa shape index (κ1) is 23.7. The number of rotatable bonds is 1. The maximum absolute atomic E-state index is 10.0. The number of hydrogen-bond donors (Lipinski definition) is 1. The van der Waals surface area contributed by atoms with E-state index in [1.807, 2.05) is 20.8 Å². The monoisotopic (exact) mass is 398 g/mol. The summed E-state index contributed by atoms with van der Waals surface area (Å²) in [7, 11) is 0. The molecule has 2 nitrogen and oxygen atoms in total. The molecule has 4 aliphatic rings. The van der Waals surface area contributed by atoms with Crippen molar-refractivity contribution >= 4 is 5.78 Å². The molecule has 0 aromatic carbocycles. The summed E-state index contributed by atoms with van der Waals surface area (Å²) in [5.41, 5.74) is 8.46. The molecule has 0 fully saturated rings. The van der Waals surface area contributed by atoms with E-state index < -0.39 is 0 Å². The summed E-state index contributed by atoms with van der Waals surface area (Å²) in [6, 6.07) is 0. The molecule has 0 saturated heterocycles. The Hall–Kier alpha value is -1.57. The lowest BCUT2D eigenvalue weighted by Crippen LogP contribution is -2.36. The van der Waals surface area contributed by atoms with E-state index in [9.17, 15) is 9.90 Å². The van der Waals surface area contributed by atoms with E-state index in [1.165, 1.54) is 30.4 Å². The van der Waals surface area contributed by atoms with Crippen LogP contribution in [-0.4, -0.2) is 10.9 Å². The molecule has 29 heavy (non-hydrogen) atoms. The number of aliphatic hydroxyl groups is 1. The first-order chi connectivity index (χ1) is 13.6. The molecular formula is C27H42O2. The van der Waals surface area contributed by atoms with E-state index in [-0.39, 0.29) is 11.2 Å². The summed E-state index contributed by atoms with van der Waals surface area (Å²) in [6.45, 7) is 17.0. The van der Waals surface area contributed by atoms with Gasteiger partial charge >= 0.3 is 0 Å². The SMILES string of the molecule is CC.CC1=C2C=C(O)CCC2(C)C2=C(C1)C1=CCC(C)C1(C)CC2.CCC(C)=O. The fourth-order valence-corrected chi connectivity index (χ4v) is 5.59. The highest BCUT2D eigenvalue weighted by Gasteiger charge is 2.49. The molecule has 0 aliphatic heterocycles. The van der Waals surface area contributed by atoms with Gasteiger partial charge in [0.05, 0.1) is 5.76 Å². The van der Waals surface area contributed by atoms with Crippen molar-refractivity contribution in [3.63, 3.8) is 0 Å². The second kappa shape index (κ2) is 9.06. The lowest BCUT2D eigenvalue weighted by molar-refractivity contribution is -0.116. The lowest BCUT2D eigenvalue weighted by atomic mass is 9.55. The third kappa shape index (κ3) is 4.18. The average Bonchev–Trinajstić information content (AvgIpc) is 3.00. The van der Waals surface area contributed by atoms with E-state index in [2.05, 4.69) is 39.8 Å². The van der Waals surface area contributed by atoms with Crippen molar-refractivity contribution in [3.05, 3.63) is 45.8 Å².